The molecule has 3 rings (SSSR count). The van der Waals surface area contributed by atoms with Gasteiger partial charge in [0.25, 0.3) is 0 Å². The summed E-state index contributed by atoms with van der Waals surface area (Å²) in [6.45, 7) is 0.908. The Labute approximate surface area is 122 Å². The van der Waals surface area contributed by atoms with Gasteiger partial charge in [-0.25, -0.2) is 4.98 Å². The van der Waals surface area contributed by atoms with Gasteiger partial charge in [-0.05, 0) is 33.4 Å². The Hall–Kier alpha value is -1.40. The third kappa shape index (κ3) is 1.94. The number of nitrogens with zero attached hydrogens (tertiary/aromatic N) is 4. The number of thiazole rings is 1. The molecule has 0 atom stereocenters. The van der Waals surface area contributed by atoms with E-state index in [4.69, 9.17) is 0 Å². The number of carbonyl (C=O) groups excluding carboxylic acids is 1. The van der Waals surface area contributed by atoms with Crippen molar-refractivity contribution in [3.05, 3.63) is 17.3 Å². The molecule has 0 bridgehead atoms. The Morgan fingerprint density at radius 2 is 2.20 bits per heavy atom. The highest BCUT2D eigenvalue weighted by atomic mass is 32.1. The van der Waals surface area contributed by atoms with Gasteiger partial charge < -0.3 is 9.80 Å². The van der Waals surface area contributed by atoms with Crippen LogP contribution in [0.2, 0.25) is 0 Å². The van der Waals surface area contributed by atoms with Crippen molar-refractivity contribution in [3.8, 4) is 0 Å². The summed E-state index contributed by atoms with van der Waals surface area (Å²) in [6.07, 6.45) is 6.51. The van der Waals surface area contributed by atoms with Crippen LogP contribution in [0.3, 0.4) is 0 Å². The minimum Gasteiger partial charge on any atom is -0.356 e. The molecule has 0 N–H and O–H groups in total. The van der Waals surface area contributed by atoms with Crippen LogP contribution >= 0.6 is 11.3 Å². The lowest BCUT2D eigenvalue weighted by Crippen LogP contribution is -2.56. The summed E-state index contributed by atoms with van der Waals surface area (Å²) in [5.41, 5.74) is 0.878. The number of aldehydes is 1. The van der Waals surface area contributed by atoms with Crippen molar-refractivity contribution in [2.75, 3.05) is 32.6 Å². The molecule has 20 heavy (non-hydrogen) atoms. The molecule has 0 aromatic carbocycles. The predicted molar refractivity (Wildman–Crippen MR) is 82.0 cm³/mol. The van der Waals surface area contributed by atoms with Crippen LogP contribution in [0.4, 0.5) is 5.82 Å². The molecule has 0 unspecified atom stereocenters. The molecule has 0 saturated heterocycles. The second-order valence-corrected chi connectivity index (χ2v) is 6.70. The Balaban J connectivity index is 1.90. The molecule has 2 aromatic heterocycles. The van der Waals surface area contributed by atoms with E-state index in [1.807, 2.05) is 23.0 Å². The first-order valence-corrected chi connectivity index (χ1v) is 7.75. The van der Waals surface area contributed by atoms with Gasteiger partial charge in [-0.2, -0.15) is 0 Å². The Kier molecular flexibility index (Phi) is 3.30. The topological polar surface area (TPSA) is 40.9 Å². The van der Waals surface area contributed by atoms with Gasteiger partial charge in [0.2, 0.25) is 0 Å². The van der Waals surface area contributed by atoms with Gasteiger partial charge in [-0.3, -0.25) is 9.20 Å². The first-order chi connectivity index (χ1) is 9.57. The molecular formula is C14H20N4OS. The Morgan fingerprint density at radius 1 is 1.45 bits per heavy atom. The van der Waals surface area contributed by atoms with Crippen molar-refractivity contribution in [2.45, 2.75) is 24.8 Å². The van der Waals surface area contributed by atoms with E-state index in [0.29, 0.717) is 5.69 Å². The van der Waals surface area contributed by atoms with Crippen LogP contribution in [0.15, 0.2) is 11.6 Å². The molecule has 0 radical (unpaired) electrons. The van der Waals surface area contributed by atoms with Gasteiger partial charge in [-0.1, -0.05) is 0 Å². The number of carbonyl (C=O) groups is 1. The highest BCUT2D eigenvalue weighted by Gasteiger charge is 2.40. The summed E-state index contributed by atoms with van der Waals surface area (Å²) < 4.78 is 1.87. The fourth-order valence-corrected chi connectivity index (χ4v) is 3.75. The standard InChI is InChI=1S/C14H20N4OS/c1-16(2)14(5-4-6-14)10-17(3)12-11(9-19)18-7-8-20-13(18)15-12/h7-9H,4-6,10H2,1-3H3. The third-order valence-electron chi connectivity index (χ3n) is 4.52. The minimum atomic E-state index is 0.228. The summed E-state index contributed by atoms with van der Waals surface area (Å²) in [5, 5.41) is 1.95. The maximum absolute atomic E-state index is 11.4. The predicted octanol–water partition coefficient (Wildman–Crippen LogP) is 2.13. The van der Waals surface area contributed by atoms with E-state index in [0.717, 1.165) is 23.6 Å². The van der Waals surface area contributed by atoms with E-state index < -0.39 is 0 Å². The first kappa shape index (κ1) is 13.6. The smallest absolute Gasteiger partial charge is 0.196 e. The zero-order chi connectivity index (χ0) is 14.3. The molecule has 0 spiro atoms. The minimum absolute atomic E-state index is 0.228. The molecule has 108 valence electrons. The van der Waals surface area contributed by atoms with Gasteiger partial charge in [-0.15, -0.1) is 11.3 Å². The molecule has 1 aliphatic rings. The van der Waals surface area contributed by atoms with Crippen molar-refractivity contribution >= 4 is 28.4 Å². The number of imidazole rings is 1. The number of aromatic nitrogens is 2. The van der Waals surface area contributed by atoms with Crippen LogP contribution in [0.5, 0.6) is 0 Å². The summed E-state index contributed by atoms with van der Waals surface area (Å²) in [4.78, 5) is 21.3. The normalized spacial score (nSPS) is 17.4. The van der Waals surface area contributed by atoms with Crippen LogP contribution < -0.4 is 4.90 Å². The summed E-state index contributed by atoms with van der Waals surface area (Å²) in [5.74, 6) is 0.792. The molecule has 2 aromatic rings. The maximum atomic E-state index is 11.4. The lowest BCUT2D eigenvalue weighted by atomic mass is 9.75. The number of likely N-dealkylation sites (N-methyl/N-ethyl adjacent to an activating group) is 2. The first-order valence-electron chi connectivity index (χ1n) is 6.87. The van der Waals surface area contributed by atoms with Crippen LogP contribution in [0, 0.1) is 0 Å². The lowest BCUT2D eigenvalue weighted by Gasteiger charge is -2.49. The maximum Gasteiger partial charge on any atom is 0.196 e. The average molecular weight is 292 g/mol. The fourth-order valence-electron chi connectivity index (χ4n) is 3.03. The van der Waals surface area contributed by atoms with E-state index in [2.05, 4.69) is 28.9 Å². The van der Waals surface area contributed by atoms with Gasteiger partial charge in [0.05, 0.1) is 0 Å². The molecule has 6 heteroatoms. The Bertz CT molecular complexity index is 626. The molecule has 0 aliphatic heterocycles. The third-order valence-corrected chi connectivity index (χ3v) is 5.27. The highest BCUT2D eigenvalue weighted by molar-refractivity contribution is 7.15. The fraction of sp³-hybridized carbons (Fsp3) is 0.571. The van der Waals surface area contributed by atoms with E-state index in [1.165, 1.54) is 19.3 Å². The van der Waals surface area contributed by atoms with E-state index in [9.17, 15) is 4.79 Å². The monoisotopic (exact) mass is 292 g/mol. The molecule has 0 amide bonds. The second kappa shape index (κ2) is 4.86. The number of hydrogen-bond donors (Lipinski definition) is 0. The van der Waals surface area contributed by atoms with Crippen molar-refractivity contribution in [1.29, 1.82) is 0 Å². The van der Waals surface area contributed by atoms with Gasteiger partial charge >= 0.3 is 0 Å². The van der Waals surface area contributed by atoms with Crippen LogP contribution in [-0.2, 0) is 0 Å². The average Bonchev–Trinajstić information content (AvgIpc) is 2.92. The number of hydrogen-bond acceptors (Lipinski definition) is 5. The summed E-state index contributed by atoms with van der Waals surface area (Å²) in [7, 11) is 6.31. The molecule has 1 saturated carbocycles. The SMILES string of the molecule is CN(CC1(N(C)C)CCC1)c1nc2sccn2c1C=O. The number of anilines is 1. The van der Waals surface area contributed by atoms with Crippen LogP contribution in [0.25, 0.3) is 4.96 Å². The summed E-state index contributed by atoms with van der Waals surface area (Å²) >= 11 is 1.55. The zero-order valence-corrected chi connectivity index (χ0v) is 13.0. The molecule has 1 aliphatic carbocycles. The molecule has 1 fully saturated rings. The second-order valence-electron chi connectivity index (χ2n) is 5.82. The summed E-state index contributed by atoms with van der Waals surface area (Å²) in [6, 6.07) is 0. The van der Waals surface area contributed by atoms with E-state index >= 15 is 0 Å². The number of fused-ring (bicyclic) bond motifs is 1. The molecule has 2 heterocycles. The van der Waals surface area contributed by atoms with Crippen molar-refractivity contribution in [2.24, 2.45) is 0 Å². The van der Waals surface area contributed by atoms with Crippen LogP contribution in [-0.4, -0.2) is 53.8 Å². The van der Waals surface area contributed by atoms with E-state index in [-0.39, 0.29) is 5.54 Å². The van der Waals surface area contributed by atoms with Crippen molar-refractivity contribution in [3.63, 3.8) is 0 Å². The van der Waals surface area contributed by atoms with Crippen LogP contribution in [0.1, 0.15) is 29.8 Å². The van der Waals surface area contributed by atoms with Gasteiger partial charge in [0.15, 0.2) is 17.1 Å². The van der Waals surface area contributed by atoms with E-state index in [1.54, 1.807) is 11.3 Å². The molecular weight excluding hydrogens is 272 g/mol. The van der Waals surface area contributed by atoms with Gasteiger partial charge in [0, 0.05) is 30.7 Å². The lowest BCUT2D eigenvalue weighted by molar-refractivity contribution is 0.0681. The van der Waals surface area contributed by atoms with Gasteiger partial charge in [0.1, 0.15) is 5.69 Å². The number of rotatable bonds is 5. The highest BCUT2D eigenvalue weighted by Crippen LogP contribution is 2.37. The van der Waals surface area contributed by atoms with Crippen molar-refractivity contribution < 1.29 is 4.79 Å². The largest absolute Gasteiger partial charge is 0.356 e. The Morgan fingerprint density at radius 3 is 2.75 bits per heavy atom. The zero-order valence-electron chi connectivity index (χ0n) is 12.2. The van der Waals surface area contributed by atoms with Crippen molar-refractivity contribution in [1.82, 2.24) is 14.3 Å². The quantitative estimate of drug-likeness (QED) is 0.792. The molecule has 5 nitrogen and oxygen atoms in total.